The van der Waals surface area contributed by atoms with Gasteiger partial charge >= 0.3 is 0 Å². The van der Waals surface area contributed by atoms with E-state index < -0.39 is 0 Å². The highest BCUT2D eigenvalue weighted by Crippen LogP contribution is 2.42. The number of anilines is 1. The number of nitrogen functional groups attached to an aromatic ring is 1. The Morgan fingerprint density at radius 3 is 2.26 bits per heavy atom. The zero-order valence-corrected chi connectivity index (χ0v) is 12.7. The minimum atomic E-state index is 0.744. The van der Waals surface area contributed by atoms with E-state index in [1.54, 1.807) is 14.2 Å². The number of hydrogen-bond acceptors (Lipinski definition) is 3. The van der Waals surface area contributed by atoms with Gasteiger partial charge in [0.25, 0.3) is 0 Å². The molecule has 0 bridgehead atoms. The molecule has 0 unspecified atom stereocenters. The van der Waals surface area contributed by atoms with Crippen molar-refractivity contribution < 1.29 is 9.47 Å². The van der Waals surface area contributed by atoms with Gasteiger partial charge in [0, 0.05) is 11.3 Å². The van der Waals surface area contributed by atoms with Crippen molar-refractivity contribution >= 4 is 21.6 Å². The van der Waals surface area contributed by atoms with Crippen molar-refractivity contribution in [3.63, 3.8) is 0 Å². The Labute approximate surface area is 121 Å². The Kier molecular flexibility index (Phi) is 4.00. The van der Waals surface area contributed by atoms with Gasteiger partial charge in [0.15, 0.2) is 0 Å². The van der Waals surface area contributed by atoms with E-state index in [9.17, 15) is 0 Å². The van der Waals surface area contributed by atoms with Crippen LogP contribution in [0.1, 0.15) is 5.56 Å². The molecule has 0 heterocycles. The highest BCUT2D eigenvalue weighted by Gasteiger charge is 2.15. The summed E-state index contributed by atoms with van der Waals surface area (Å²) in [7, 11) is 3.28. The molecule has 100 valence electrons. The molecule has 0 aliphatic rings. The van der Waals surface area contributed by atoms with Crippen molar-refractivity contribution in [3.8, 4) is 22.6 Å². The summed E-state index contributed by atoms with van der Waals surface area (Å²) in [4.78, 5) is 0. The van der Waals surface area contributed by atoms with E-state index in [1.165, 1.54) is 0 Å². The van der Waals surface area contributed by atoms with Crippen molar-refractivity contribution in [1.82, 2.24) is 0 Å². The Morgan fingerprint density at radius 2 is 1.68 bits per heavy atom. The summed E-state index contributed by atoms with van der Waals surface area (Å²) in [5.74, 6) is 1.50. The highest BCUT2D eigenvalue weighted by atomic mass is 79.9. The van der Waals surface area contributed by atoms with Gasteiger partial charge in [-0.15, -0.1) is 0 Å². The van der Waals surface area contributed by atoms with E-state index in [0.29, 0.717) is 0 Å². The maximum absolute atomic E-state index is 5.79. The Morgan fingerprint density at radius 1 is 1.00 bits per heavy atom. The van der Waals surface area contributed by atoms with Crippen LogP contribution in [0.15, 0.2) is 34.8 Å². The zero-order valence-electron chi connectivity index (χ0n) is 11.2. The number of hydrogen-bond donors (Lipinski definition) is 1. The molecule has 2 aromatic rings. The number of rotatable bonds is 3. The van der Waals surface area contributed by atoms with Gasteiger partial charge in [-0.05, 0) is 58.2 Å². The number of halogens is 1. The maximum Gasteiger partial charge on any atom is 0.144 e. The van der Waals surface area contributed by atoms with E-state index in [4.69, 9.17) is 15.2 Å². The van der Waals surface area contributed by atoms with Crippen LogP contribution in [0.2, 0.25) is 0 Å². The molecular weight excluding hydrogens is 306 g/mol. The average Bonchev–Trinajstić information content (AvgIpc) is 2.38. The topological polar surface area (TPSA) is 44.5 Å². The van der Waals surface area contributed by atoms with Crippen LogP contribution < -0.4 is 15.2 Å². The molecule has 2 N–H and O–H groups in total. The first-order chi connectivity index (χ1) is 9.08. The Balaban J connectivity index is 2.65. The molecule has 2 rings (SSSR count). The SMILES string of the molecule is COc1ccc(-c2ccc(N)cc2C)c(OC)c1Br. The summed E-state index contributed by atoms with van der Waals surface area (Å²) in [6.45, 7) is 2.03. The van der Waals surface area contributed by atoms with E-state index in [2.05, 4.69) is 15.9 Å². The number of nitrogens with two attached hydrogens (primary N) is 1. The Bertz CT molecular complexity index is 611. The fourth-order valence-corrected chi connectivity index (χ4v) is 2.77. The maximum atomic E-state index is 5.79. The molecule has 0 radical (unpaired) electrons. The van der Waals surface area contributed by atoms with Crippen molar-refractivity contribution in [1.29, 1.82) is 0 Å². The van der Waals surface area contributed by atoms with Gasteiger partial charge in [0.05, 0.1) is 14.2 Å². The van der Waals surface area contributed by atoms with E-state index >= 15 is 0 Å². The second-order valence-electron chi connectivity index (χ2n) is 4.24. The van der Waals surface area contributed by atoms with Gasteiger partial charge in [-0.25, -0.2) is 0 Å². The molecule has 0 aromatic heterocycles. The number of aryl methyl sites for hydroxylation is 1. The first-order valence-corrected chi connectivity index (χ1v) is 6.64. The lowest BCUT2D eigenvalue weighted by atomic mass is 9.99. The minimum absolute atomic E-state index is 0.744. The molecule has 3 nitrogen and oxygen atoms in total. The quantitative estimate of drug-likeness (QED) is 0.868. The van der Waals surface area contributed by atoms with E-state index in [1.807, 2.05) is 37.3 Å². The van der Waals surface area contributed by atoms with Crippen molar-refractivity contribution in [3.05, 3.63) is 40.4 Å². The van der Waals surface area contributed by atoms with Crippen LogP contribution in [0.4, 0.5) is 5.69 Å². The summed E-state index contributed by atoms with van der Waals surface area (Å²) >= 11 is 3.51. The first-order valence-electron chi connectivity index (χ1n) is 5.85. The molecule has 19 heavy (non-hydrogen) atoms. The molecule has 0 spiro atoms. The zero-order chi connectivity index (χ0) is 14.0. The van der Waals surface area contributed by atoms with Gasteiger partial charge in [0.2, 0.25) is 0 Å². The summed E-state index contributed by atoms with van der Waals surface area (Å²) in [6, 6.07) is 9.74. The molecule has 4 heteroatoms. The minimum Gasteiger partial charge on any atom is -0.495 e. The predicted octanol–water partition coefficient (Wildman–Crippen LogP) is 4.02. The van der Waals surface area contributed by atoms with Crippen molar-refractivity contribution in [2.24, 2.45) is 0 Å². The molecule has 0 atom stereocenters. The Hall–Kier alpha value is -1.68. The van der Waals surface area contributed by atoms with Gasteiger partial charge in [-0.3, -0.25) is 0 Å². The third-order valence-electron chi connectivity index (χ3n) is 3.03. The van der Waals surface area contributed by atoms with Crippen LogP contribution in [-0.2, 0) is 0 Å². The van der Waals surface area contributed by atoms with Crippen molar-refractivity contribution in [2.45, 2.75) is 6.92 Å². The second-order valence-corrected chi connectivity index (χ2v) is 5.03. The second kappa shape index (κ2) is 5.53. The summed E-state index contributed by atoms with van der Waals surface area (Å²) in [5.41, 5.74) is 9.75. The molecule has 0 saturated heterocycles. The lowest BCUT2D eigenvalue weighted by molar-refractivity contribution is 0.390. The molecule has 0 aliphatic carbocycles. The van der Waals surface area contributed by atoms with Crippen LogP contribution in [0, 0.1) is 6.92 Å². The van der Waals surface area contributed by atoms with Gasteiger partial charge < -0.3 is 15.2 Å². The van der Waals surface area contributed by atoms with Gasteiger partial charge in [-0.2, -0.15) is 0 Å². The summed E-state index contributed by atoms with van der Waals surface area (Å²) in [6.07, 6.45) is 0. The lowest BCUT2D eigenvalue weighted by Gasteiger charge is -2.15. The molecule has 0 saturated carbocycles. The smallest absolute Gasteiger partial charge is 0.144 e. The number of ether oxygens (including phenoxy) is 2. The third kappa shape index (κ3) is 2.54. The van der Waals surface area contributed by atoms with Gasteiger partial charge in [-0.1, -0.05) is 6.07 Å². The molecular formula is C15H16BrNO2. The molecule has 0 aliphatic heterocycles. The monoisotopic (exact) mass is 321 g/mol. The lowest BCUT2D eigenvalue weighted by Crippen LogP contribution is -1.95. The third-order valence-corrected chi connectivity index (χ3v) is 3.78. The van der Waals surface area contributed by atoms with E-state index in [-0.39, 0.29) is 0 Å². The number of methoxy groups -OCH3 is 2. The first kappa shape index (κ1) is 13.7. The molecule has 0 amide bonds. The summed E-state index contributed by atoms with van der Waals surface area (Å²) in [5, 5.41) is 0. The van der Waals surface area contributed by atoms with Crippen LogP contribution in [0.25, 0.3) is 11.1 Å². The van der Waals surface area contributed by atoms with Crippen LogP contribution in [-0.4, -0.2) is 14.2 Å². The van der Waals surface area contributed by atoms with E-state index in [0.717, 1.165) is 38.3 Å². The number of benzene rings is 2. The largest absolute Gasteiger partial charge is 0.495 e. The predicted molar refractivity (Wildman–Crippen MR) is 81.8 cm³/mol. The summed E-state index contributed by atoms with van der Waals surface area (Å²) < 4.78 is 11.6. The highest BCUT2D eigenvalue weighted by molar-refractivity contribution is 9.10. The average molecular weight is 322 g/mol. The van der Waals surface area contributed by atoms with Crippen LogP contribution >= 0.6 is 15.9 Å². The van der Waals surface area contributed by atoms with Crippen LogP contribution in [0.3, 0.4) is 0 Å². The fourth-order valence-electron chi connectivity index (χ4n) is 2.10. The normalized spacial score (nSPS) is 10.3. The van der Waals surface area contributed by atoms with Crippen molar-refractivity contribution in [2.75, 3.05) is 20.0 Å². The molecule has 0 fully saturated rings. The van der Waals surface area contributed by atoms with Crippen LogP contribution in [0.5, 0.6) is 11.5 Å². The standard InChI is InChI=1S/C15H16BrNO2/c1-9-8-10(17)4-5-11(9)12-6-7-13(18-2)14(16)15(12)19-3/h4-8H,17H2,1-3H3. The fraction of sp³-hybridized carbons (Fsp3) is 0.200. The molecule has 2 aromatic carbocycles. The van der Waals surface area contributed by atoms with Gasteiger partial charge in [0.1, 0.15) is 16.0 Å².